The zero-order valence-corrected chi connectivity index (χ0v) is 13.9. The second-order valence-electron chi connectivity index (χ2n) is 4.50. The van der Waals surface area contributed by atoms with Gasteiger partial charge in [-0.3, -0.25) is 9.59 Å². The predicted molar refractivity (Wildman–Crippen MR) is 84.5 cm³/mol. The van der Waals surface area contributed by atoms with E-state index >= 15 is 0 Å². The molecule has 108 valence electrons. The van der Waals surface area contributed by atoms with Gasteiger partial charge in [0.2, 0.25) is 5.91 Å². The number of amides is 2. The molecule has 1 aliphatic heterocycles. The lowest BCUT2D eigenvalue weighted by atomic mass is 10.2. The molecule has 0 radical (unpaired) electrons. The minimum absolute atomic E-state index is 0.128. The predicted octanol–water partition coefficient (Wildman–Crippen LogP) is 3.03. The zero-order chi connectivity index (χ0) is 14.7. The van der Waals surface area contributed by atoms with Crippen LogP contribution in [0, 0.1) is 0 Å². The molecule has 1 saturated heterocycles. The Kier molecular flexibility index (Phi) is 5.23. The van der Waals surface area contributed by atoms with Crippen LogP contribution in [0.25, 0.3) is 0 Å². The fourth-order valence-electron chi connectivity index (χ4n) is 2.15. The number of rotatable bonds is 4. The van der Waals surface area contributed by atoms with Crippen LogP contribution < -0.4 is 5.32 Å². The van der Waals surface area contributed by atoms with Gasteiger partial charge >= 0.3 is 0 Å². The number of thiophene rings is 1. The molecule has 0 aromatic carbocycles. The Morgan fingerprint density at radius 1 is 1.55 bits per heavy atom. The summed E-state index contributed by atoms with van der Waals surface area (Å²) in [6, 6.07) is 2.98. The highest BCUT2D eigenvalue weighted by atomic mass is 79.9. The van der Waals surface area contributed by atoms with Gasteiger partial charge in [0.25, 0.3) is 5.91 Å². The number of hydrogen-bond acceptors (Lipinski definition) is 3. The number of carbonyl (C=O) groups excluding carboxylic acids is 2. The highest BCUT2D eigenvalue weighted by molar-refractivity contribution is 9.11. The van der Waals surface area contributed by atoms with Crippen LogP contribution in [0.2, 0.25) is 4.34 Å². The van der Waals surface area contributed by atoms with Gasteiger partial charge < -0.3 is 10.2 Å². The lowest BCUT2D eigenvalue weighted by molar-refractivity contribution is -0.124. The fourth-order valence-corrected chi connectivity index (χ4v) is 3.29. The van der Waals surface area contributed by atoms with Crippen molar-refractivity contribution < 1.29 is 9.59 Å². The highest BCUT2D eigenvalue weighted by Gasteiger charge is 2.34. The van der Waals surface area contributed by atoms with Crippen LogP contribution in [0.15, 0.2) is 23.2 Å². The third-order valence-electron chi connectivity index (χ3n) is 3.05. The van der Waals surface area contributed by atoms with Gasteiger partial charge in [-0.05, 0) is 25.0 Å². The summed E-state index contributed by atoms with van der Waals surface area (Å²) in [7, 11) is 0. The largest absolute Gasteiger partial charge is 0.350 e. The van der Waals surface area contributed by atoms with Crippen molar-refractivity contribution in [3.8, 4) is 0 Å². The third kappa shape index (κ3) is 3.62. The average molecular weight is 378 g/mol. The number of likely N-dealkylation sites (tertiary alicyclic amines) is 1. The van der Waals surface area contributed by atoms with E-state index in [0.717, 1.165) is 6.42 Å². The smallest absolute Gasteiger partial charge is 0.264 e. The summed E-state index contributed by atoms with van der Waals surface area (Å²) >= 11 is 10.3. The first-order chi connectivity index (χ1) is 9.49. The molecule has 7 heteroatoms. The van der Waals surface area contributed by atoms with Crippen LogP contribution >= 0.6 is 38.9 Å². The van der Waals surface area contributed by atoms with Crippen molar-refractivity contribution >= 4 is 50.7 Å². The van der Waals surface area contributed by atoms with Crippen molar-refractivity contribution in [2.75, 3.05) is 13.1 Å². The summed E-state index contributed by atoms with van der Waals surface area (Å²) in [5.41, 5.74) is 0. The van der Waals surface area contributed by atoms with Gasteiger partial charge in [0.05, 0.1) is 9.21 Å². The molecular formula is C13H14BrClN2O2S. The second-order valence-corrected chi connectivity index (χ2v) is 7.33. The number of nitrogens with zero attached hydrogens (tertiary/aromatic N) is 1. The van der Waals surface area contributed by atoms with Gasteiger partial charge in [-0.1, -0.05) is 34.1 Å². The normalized spacial score (nSPS) is 18.1. The molecule has 2 heterocycles. The van der Waals surface area contributed by atoms with Crippen molar-refractivity contribution in [2.45, 2.75) is 18.9 Å². The molecule has 0 bridgehead atoms. The van der Waals surface area contributed by atoms with Crippen LogP contribution in [-0.2, 0) is 4.79 Å². The van der Waals surface area contributed by atoms with Gasteiger partial charge in [0, 0.05) is 17.6 Å². The fraction of sp³-hybridized carbons (Fsp3) is 0.385. The number of nitrogens with one attached hydrogen (secondary N) is 1. The lowest BCUT2D eigenvalue weighted by Gasteiger charge is -2.23. The Bertz CT molecular complexity index is 546. The number of hydrogen-bond donors (Lipinski definition) is 1. The molecule has 2 amide bonds. The Balaban J connectivity index is 2.05. The Morgan fingerprint density at radius 2 is 2.30 bits per heavy atom. The van der Waals surface area contributed by atoms with E-state index in [-0.39, 0.29) is 11.8 Å². The molecule has 0 spiro atoms. The van der Waals surface area contributed by atoms with Crippen molar-refractivity contribution in [3.63, 3.8) is 0 Å². The molecular weight excluding hydrogens is 364 g/mol. The van der Waals surface area contributed by atoms with Gasteiger partial charge in [0.15, 0.2) is 0 Å². The van der Waals surface area contributed by atoms with Crippen LogP contribution in [0.4, 0.5) is 0 Å². The summed E-state index contributed by atoms with van der Waals surface area (Å²) in [6.07, 6.45) is 1.52. The molecule has 0 aliphatic carbocycles. The van der Waals surface area contributed by atoms with Crippen LogP contribution in [0.3, 0.4) is 0 Å². The molecule has 4 nitrogen and oxygen atoms in total. The summed E-state index contributed by atoms with van der Waals surface area (Å²) in [6.45, 7) is 4.63. The molecule has 1 aromatic heterocycles. The zero-order valence-electron chi connectivity index (χ0n) is 10.7. The molecule has 1 fully saturated rings. The van der Waals surface area contributed by atoms with Gasteiger partial charge in [0.1, 0.15) is 6.04 Å². The van der Waals surface area contributed by atoms with E-state index in [1.807, 2.05) is 0 Å². The van der Waals surface area contributed by atoms with Gasteiger partial charge in [-0.15, -0.1) is 11.3 Å². The maximum Gasteiger partial charge on any atom is 0.264 e. The minimum Gasteiger partial charge on any atom is -0.350 e. The van der Waals surface area contributed by atoms with Crippen molar-refractivity contribution in [1.29, 1.82) is 0 Å². The quantitative estimate of drug-likeness (QED) is 0.877. The van der Waals surface area contributed by atoms with E-state index in [2.05, 4.69) is 27.8 Å². The maximum atomic E-state index is 12.4. The summed E-state index contributed by atoms with van der Waals surface area (Å²) in [5.74, 6) is -0.267. The summed E-state index contributed by atoms with van der Waals surface area (Å²) in [4.78, 5) is 26.7. The number of halogens is 2. The van der Waals surface area contributed by atoms with Crippen molar-refractivity contribution in [2.24, 2.45) is 0 Å². The Labute approximate surface area is 134 Å². The van der Waals surface area contributed by atoms with Crippen LogP contribution in [0.5, 0.6) is 0 Å². The topological polar surface area (TPSA) is 49.4 Å². The first-order valence-corrected chi connectivity index (χ1v) is 8.15. The van der Waals surface area contributed by atoms with E-state index in [4.69, 9.17) is 11.6 Å². The van der Waals surface area contributed by atoms with Gasteiger partial charge in [-0.2, -0.15) is 0 Å². The average Bonchev–Trinajstić information content (AvgIpc) is 3.03. The summed E-state index contributed by atoms with van der Waals surface area (Å²) < 4.78 is 1.27. The van der Waals surface area contributed by atoms with E-state index in [9.17, 15) is 9.59 Å². The molecule has 2 rings (SSSR count). The van der Waals surface area contributed by atoms with Crippen LogP contribution in [0.1, 0.15) is 22.5 Å². The van der Waals surface area contributed by atoms with E-state index < -0.39 is 6.04 Å². The van der Waals surface area contributed by atoms with Crippen molar-refractivity contribution in [3.05, 3.63) is 32.4 Å². The second kappa shape index (κ2) is 6.74. The number of carbonyl (C=O) groups is 2. The van der Waals surface area contributed by atoms with Crippen molar-refractivity contribution in [1.82, 2.24) is 10.2 Å². The van der Waals surface area contributed by atoms with E-state index in [1.54, 1.807) is 17.0 Å². The van der Waals surface area contributed by atoms with E-state index in [0.29, 0.717) is 33.2 Å². The first kappa shape index (κ1) is 15.5. The Morgan fingerprint density at radius 3 is 2.90 bits per heavy atom. The minimum atomic E-state index is -0.407. The molecule has 1 N–H and O–H groups in total. The lowest BCUT2D eigenvalue weighted by Crippen LogP contribution is -2.46. The van der Waals surface area contributed by atoms with Gasteiger partial charge in [-0.25, -0.2) is 0 Å². The maximum absolute atomic E-state index is 12.4. The monoisotopic (exact) mass is 376 g/mol. The molecule has 1 aromatic rings. The SMILES string of the molecule is C=C(Br)CNC(=O)C1CCCN1C(=O)c1ccc(Cl)s1. The molecule has 1 aliphatic rings. The highest BCUT2D eigenvalue weighted by Crippen LogP contribution is 2.26. The standard InChI is InChI=1S/C13H14BrClN2O2S/c1-8(14)7-16-12(18)9-3-2-6-17(9)13(19)10-4-5-11(15)20-10/h4-5,9H,1-3,6-7H2,(H,16,18). The molecule has 20 heavy (non-hydrogen) atoms. The molecule has 1 unspecified atom stereocenters. The Hall–Kier alpha value is -0.850. The third-order valence-corrected chi connectivity index (χ3v) is 4.55. The first-order valence-electron chi connectivity index (χ1n) is 6.16. The molecule has 0 saturated carbocycles. The van der Waals surface area contributed by atoms with E-state index in [1.165, 1.54) is 11.3 Å². The van der Waals surface area contributed by atoms with Crippen LogP contribution in [-0.4, -0.2) is 35.8 Å². The molecule has 1 atom stereocenters. The summed E-state index contributed by atoms with van der Waals surface area (Å²) in [5, 5.41) is 2.76.